The highest BCUT2D eigenvalue weighted by Crippen LogP contribution is 2.23. The van der Waals surface area contributed by atoms with Crippen molar-refractivity contribution in [3.05, 3.63) is 29.3 Å². The first kappa shape index (κ1) is 14.8. The first-order valence-electron chi connectivity index (χ1n) is 7.24. The lowest BCUT2D eigenvalue weighted by atomic mass is 10.0. The normalized spacial score (nSPS) is 19.6. The maximum absolute atomic E-state index is 9.16. The van der Waals surface area contributed by atoms with E-state index in [-0.39, 0.29) is 0 Å². The topological polar surface area (TPSA) is 48.3 Å². The molecule has 1 fully saturated rings. The number of piperidine rings is 1. The molecule has 1 saturated heterocycles. The van der Waals surface area contributed by atoms with E-state index in [1.54, 1.807) is 7.11 Å². The van der Waals surface area contributed by atoms with Crippen LogP contribution in [0.3, 0.4) is 0 Å². The highest BCUT2D eigenvalue weighted by molar-refractivity contribution is 5.45. The number of ether oxygens (including phenoxy) is 1. The summed E-state index contributed by atoms with van der Waals surface area (Å²) >= 11 is 0. The van der Waals surface area contributed by atoms with Gasteiger partial charge in [-0.15, -0.1) is 0 Å². The Labute approximate surface area is 121 Å². The lowest BCUT2D eigenvalue weighted by molar-refractivity contribution is 0.139. The van der Waals surface area contributed by atoms with Crippen LogP contribution in [-0.2, 0) is 6.54 Å². The summed E-state index contributed by atoms with van der Waals surface area (Å²) in [7, 11) is 3.61. The van der Waals surface area contributed by atoms with Gasteiger partial charge in [-0.05, 0) is 44.1 Å². The van der Waals surface area contributed by atoms with Crippen LogP contribution in [0.1, 0.15) is 30.4 Å². The van der Waals surface area contributed by atoms with E-state index in [0.717, 1.165) is 19.6 Å². The van der Waals surface area contributed by atoms with Gasteiger partial charge in [0.15, 0.2) is 0 Å². The van der Waals surface area contributed by atoms with Crippen LogP contribution in [-0.4, -0.2) is 38.2 Å². The van der Waals surface area contributed by atoms with E-state index in [1.807, 2.05) is 19.2 Å². The van der Waals surface area contributed by atoms with Crippen LogP contribution >= 0.6 is 0 Å². The Kier molecular flexibility index (Phi) is 5.40. The number of likely N-dealkylation sites (N-methyl/N-ethyl adjacent to an activating group) is 1. The fourth-order valence-corrected chi connectivity index (χ4v) is 2.91. The van der Waals surface area contributed by atoms with E-state index >= 15 is 0 Å². The molecule has 0 amide bonds. The van der Waals surface area contributed by atoms with Gasteiger partial charge in [0.2, 0.25) is 0 Å². The van der Waals surface area contributed by atoms with E-state index in [4.69, 9.17) is 10.00 Å². The highest BCUT2D eigenvalue weighted by atomic mass is 16.5. The second kappa shape index (κ2) is 7.28. The lowest BCUT2D eigenvalue weighted by Crippen LogP contribution is -2.44. The van der Waals surface area contributed by atoms with Crippen molar-refractivity contribution in [2.45, 2.75) is 31.8 Å². The highest BCUT2D eigenvalue weighted by Gasteiger charge is 2.21. The quantitative estimate of drug-likeness (QED) is 0.893. The van der Waals surface area contributed by atoms with Gasteiger partial charge in [-0.2, -0.15) is 5.26 Å². The molecule has 1 aliphatic heterocycles. The number of rotatable bonds is 5. The Morgan fingerprint density at radius 3 is 3.00 bits per heavy atom. The largest absolute Gasteiger partial charge is 0.495 e. The van der Waals surface area contributed by atoms with Crippen molar-refractivity contribution in [3.8, 4) is 11.8 Å². The van der Waals surface area contributed by atoms with Crippen molar-refractivity contribution in [2.24, 2.45) is 0 Å². The summed E-state index contributed by atoms with van der Waals surface area (Å²) in [5.41, 5.74) is 1.80. The molecule has 0 saturated carbocycles. The van der Waals surface area contributed by atoms with E-state index in [0.29, 0.717) is 17.4 Å². The van der Waals surface area contributed by atoms with Gasteiger partial charge in [0, 0.05) is 19.1 Å². The van der Waals surface area contributed by atoms with Gasteiger partial charge in [0.1, 0.15) is 11.8 Å². The molecule has 0 bridgehead atoms. The molecular formula is C16H23N3O. The van der Waals surface area contributed by atoms with Gasteiger partial charge in [0.05, 0.1) is 12.7 Å². The summed E-state index contributed by atoms with van der Waals surface area (Å²) in [5.74, 6) is 0.654. The van der Waals surface area contributed by atoms with Crippen molar-refractivity contribution < 1.29 is 4.74 Å². The molecular weight excluding hydrogens is 250 g/mol. The number of likely N-dealkylation sites (tertiary alicyclic amines) is 1. The Hall–Kier alpha value is -1.57. The van der Waals surface area contributed by atoms with E-state index < -0.39 is 0 Å². The molecule has 0 spiro atoms. The molecule has 1 N–H and O–H groups in total. The number of nitrogens with one attached hydrogen (secondary N) is 1. The minimum absolute atomic E-state index is 0.599. The molecule has 1 atom stereocenters. The Morgan fingerprint density at radius 2 is 2.30 bits per heavy atom. The molecule has 1 aromatic rings. The monoisotopic (exact) mass is 273 g/mol. The zero-order valence-electron chi connectivity index (χ0n) is 12.4. The van der Waals surface area contributed by atoms with Gasteiger partial charge in [-0.1, -0.05) is 12.5 Å². The molecule has 20 heavy (non-hydrogen) atoms. The summed E-state index contributed by atoms with van der Waals surface area (Å²) in [4.78, 5) is 2.52. The number of nitriles is 1. The molecule has 2 rings (SSSR count). The van der Waals surface area contributed by atoms with Crippen LogP contribution in [0.2, 0.25) is 0 Å². The Bertz CT molecular complexity index is 479. The van der Waals surface area contributed by atoms with Crippen molar-refractivity contribution in [2.75, 3.05) is 27.2 Å². The zero-order valence-corrected chi connectivity index (χ0v) is 12.4. The van der Waals surface area contributed by atoms with E-state index in [2.05, 4.69) is 22.4 Å². The molecule has 1 unspecified atom stereocenters. The molecule has 4 heteroatoms. The number of methoxy groups -OCH3 is 1. The number of hydrogen-bond donors (Lipinski definition) is 1. The average Bonchev–Trinajstić information content (AvgIpc) is 2.49. The Balaban J connectivity index is 2.10. The lowest BCUT2D eigenvalue weighted by Gasteiger charge is -2.35. The van der Waals surface area contributed by atoms with Crippen LogP contribution in [0.25, 0.3) is 0 Å². The molecule has 1 aromatic carbocycles. The van der Waals surface area contributed by atoms with Gasteiger partial charge in [-0.25, -0.2) is 0 Å². The maximum Gasteiger partial charge on any atom is 0.136 e. The first-order valence-corrected chi connectivity index (χ1v) is 7.24. The SMILES string of the molecule is CNCC1CCCCN1Cc1ccc(OC)c(C#N)c1. The third kappa shape index (κ3) is 3.50. The summed E-state index contributed by atoms with van der Waals surface area (Å²) in [6, 6.07) is 8.71. The second-order valence-corrected chi connectivity index (χ2v) is 5.32. The number of hydrogen-bond acceptors (Lipinski definition) is 4. The number of nitrogens with zero attached hydrogens (tertiary/aromatic N) is 2. The predicted molar refractivity (Wildman–Crippen MR) is 79.7 cm³/mol. The van der Waals surface area contributed by atoms with Crippen LogP contribution < -0.4 is 10.1 Å². The molecule has 0 aromatic heterocycles. The van der Waals surface area contributed by atoms with Crippen molar-refractivity contribution in [3.63, 3.8) is 0 Å². The average molecular weight is 273 g/mol. The molecule has 1 heterocycles. The van der Waals surface area contributed by atoms with Gasteiger partial charge in [-0.3, -0.25) is 4.90 Å². The van der Waals surface area contributed by atoms with Crippen LogP contribution in [0.15, 0.2) is 18.2 Å². The third-order valence-electron chi connectivity index (χ3n) is 3.96. The predicted octanol–water partition coefficient (Wildman–Crippen LogP) is 2.14. The van der Waals surface area contributed by atoms with E-state index in [1.165, 1.54) is 24.8 Å². The standard InChI is InChI=1S/C16H23N3O/c1-18-11-15-5-3-4-8-19(15)12-13-6-7-16(20-2)14(9-13)10-17/h6-7,9,15,18H,3-5,8,11-12H2,1-2H3. The maximum atomic E-state index is 9.16. The minimum Gasteiger partial charge on any atom is -0.495 e. The Morgan fingerprint density at radius 1 is 1.45 bits per heavy atom. The van der Waals surface area contributed by atoms with Crippen molar-refractivity contribution in [1.29, 1.82) is 5.26 Å². The summed E-state index contributed by atoms with van der Waals surface area (Å²) < 4.78 is 5.19. The number of benzene rings is 1. The third-order valence-corrected chi connectivity index (χ3v) is 3.96. The fourth-order valence-electron chi connectivity index (χ4n) is 2.91. The van der Waals surface area contributed by atoms with Crippen molar-refractivity contribution >= 4 is 0 Å². The van der Waals surface area contributed by atoms with Gasteiger partial charge >= 0.3 is 0 Å². The van der Waals surface area contributed by atoms with Gasteiger partial charge < -0.3 is 10.1 Å². The molecule has 0 aliphatic carbocycles. The smallest absolute Gasteiger partial charge is 0.136 e. The molecule has 0 radical (unpaired) electrons. The molecule has 1 aliphatic rings. The van der Waals surface area contributed by atoms with Gasteiger partial charge in [0.25, 0.3) is 0 Å². The molecule has 108 valence electrons. The van der Waals surface area contributed by atoms with Crippen LogP contribution in [0, 0.1) is 11.3 Å². The minimum atomic E-state index is 0.599. The second-order valence-electron chi connectivity index (χ2n) is 5.32. The summed E-state index contributed by atoms with van der Waals surface area (Å²) in [6.07, 6.45) is 3.83. The first-order chi connectivity index (χ1) is 9.78. The van der Waals surface area contributed by atoms with Crippen LogP contribution in [0.5, 0.6) is 5.75 Å². The summed E-state index contributed by atoms with van der Waals surface area (Å²) in [5, 5.41) is 12.4. The van der Waals surface area contributed by atoms with Crippen molar-refractivity contribution in [1.82, 2.24) is 10.2 Å². The summed E-state index contributed by atoms with van der Waals surface area (Å²) in [6.45, 7) is 3.08. The fraction of sp³-hybridized carbons (Fsp3) is 0.562. The van der Waals surface area contributed by atoms with Crippen LogP contribution in [0.4, 0.5) is 0 Å². The zero-order chi connectivity index (χ0) is 14.4. The molecule has 4 nitrogen and oxygen atoms in total. The van der Waals surface area contributed by atoms with E-state index in [9.17, 15) is 0 Å².